The van der Waals surface area contributed by atoms with Gasteiger partial charge in [0.1, 0.15) is 17.1 Å². The first-order valence-corrected chi connectivity index (χ1v) is 4.90. The van der Waals surface area contributed by atoms with Gasteiger partial charge in [0, 0.05) is 0 Å². The topological polar surface area (TPSA) is 18.5 Å². The Morgan fingerprint density at radius 3 is 1.85 bits per heavy atom. The van der Waals surface area contributed by atoms with E-state index < -0.39 is 41.2 Å². The third kappa shape index (κ3) is 4.29. The molecule has 2 nitrogen and oxygen atoms in total. The van der Waals surface area contributed by atoms with Crippen LogP contribution in [-0.2, 0) is 6.18 Å². The van der Waals surface area contributed by atoms with Crippen molar-refractivity contribution in [3.8, 4) is 11.5 Å². The van der Waals surface area contributed by atoms with Crippen molar-refractivity contribution in [2.75, 3.05) is 0 Å². The maximum atomic E-state index is 12.6. The Bertz CT molecular complexity index is 482. The van der Waals surface area contributed by atoms with Gasteiger partial charge in [0.2, 0.25) is 0 Å². The lowest BCUT2D eigenvalue weighted by Gasteiger charge is -2.18. The second-order valence-corrected chi connectivity index (χ2v) is 3.55. The predicted molar refractivity (Wildman–Crippen MR) is 49.8 cm³/mol. The Morgan fingerprint density at radius 1 is 0.950 bits per heavy atom. The van der Waals surface area contributed by atoms with E-state index in [1.807, 2.05) is 0 Å². The maximum Gasteiger partial charge on any atom is 0.573 e. The Hall–Kier alpha value is -1.45. The summed E-state index contributed by atoms with van der Waals surface area (Å²) in [5.74, 6) is -2.79. The molecule has 0 heterocycles. The van der Waals surface area contributed by atoms with Gasteiger partial charge in [-0.1, -0.05) is 11.6 Å². The van der Waals surface area contributed by atoms with Crippen LogP contribution in [0.2, 0.25) is 5.02 Å². The monoisotopic (exact) mass is 330 g/mol. The molecule has 0 atom stereocenters. The van der Waals surface area contributed by atoms with Crippen LogP contribution in [0.15, 0.2) is 12.1 Å². The van der Waals surface area contributed by atoms with Crippen LogP contribution in [0.4, 0.5) is 35.1 Å². The standard InChI is InChI=1S/C9H3ClF8O2/c10-6-4(19-7(11)12)2-1-3(20-9(16,17)18)5(6)8(13,14)15/h1-2,7H. The van der Waals surface area contributed by atoms with E-state index >= 15 is 0 Å². The van der Waals surface area contributed by atoms with E-state index in [9.17, 15) is 35.1 Å². The highest BCUT2D eigenvalue weighted by Crippen LogP contribution is 2.46. The summed E-state index contributed by atoms with van der Waals surface area (Å²) in [6.07, 6.45) is -10.8. The van der Waals surface area contributed by atoms with Gasteiger partial charge in [-0.05, 0) is 12.1 Å². The normalized spacial score (nSPS) is 12.7. The fraction of sp³-hybridized carbons (Fsp3) is 0.333. The van der Waals surface area contributed by atoms with Crippen molar-refractivity contribution in [1.29, 1.82) is 0 Å². The minimum absolute atomic E-state index is 0.180. The highest BCUT2D eigenvalue weighted by atomic mass is 35.5. The summed E-state index contributed by atoms with van der Waals surface area (Å²) in [5.41, 5.74) is -2.06. The van der Waals surface area contributed by atoms with Crippen LogP contribution in [0.25, 0.3) is 0 Å². The SMILES string of the molecule is FC(F)Oc1ccc(OC(F)(F)F)c(C(F)(F)F)c1Cl. The zero-order valence-electron chi connectivity index (χ0n) is 8.95. The second kappa shape index (κ2) is 5.51. The summed E-state index contributed by atoms with van der Waals surface area (Å²) < 4.78 is 104. The van der Waals surface area contributed by atoms with E-state index in [1.165, 1.54) is 0 Å². The molecule has 0 aliphatic heterocycles. The molecule has 1 aromatic carbocycles. The van der Waals surface area contributed by atoms with Gasteiger partial charge in [-0.25, -0.2) is 0 Å². The van der Waals surface area contributed by atoms with Crippen LogP contribution in [0.5, 0.6) is 11.5 Å². The molecule has 114 valence electrons. The zero-order valence-corrected chi connectivity index (χ0v) is 9.71. The van der Waals surface area contributed by atoms with Gasteiger partial charge in [0.15, 0.2) is 0 Å². The molecule has 0 N–H and O–H groups in total. The Balaban J connectivity index is 3.37. The van der Waals surface area contributed by atoms with Crippen LogP contribution >= 0.6 is 11.6 Å². The van der Waals surface area contributed by atoms with Gasteiger partial charge < -0.3 is 9.47 Å². The van der Waals surface area contributed by atoms with Crippen molar-refractivity contribution in [3.63, 3.8) is 0 Å². The number of hydrogen-bond acceptors (Lipinski definition) is 2. The highest BCUT2D eigenvalue weighted by molar-refractivity contribution is 6.33. The molecule has 0 unspecified atom stereocenters. The average Bonchev–Trinajstić information content (AvgIpc) is 2.17. The molecule has 0 aliphatic rings. The van der Waals surface area contributed by atoms with Gasteiger partial charge >= 0.3 is 19.2 Å². The van der Waals surface area contributed by atoms with Crippen molar-refractivity contribution >= 4 is 11.6 Å². The van der Waals surface area contributed by atoms with E-state index in [0.29, 0.717) is 6.07 Å². The molecule has 1 aromatic rings. The highest BCUT2D eigenvalue weighted by Gasteiger charge is 2.42. The smallest absolute Gasteiger partial charge is 0.433 e. The van der Waals surface area contributed by atoms with Crippen LogP contribution in [0.1, 0.15) is 5.56 Å². The fourth-order valence-corrected chi connectivity index (χ4v) is 1.51. The molecule has 0 amide bonds. The summed E-state index contributed by atoms with van der Waals surface area (Å²) in [6.45, 7) is -3.50. The quantitative estimate of drug-likeness (QED) is 0.737. The van der Waals surface area contributed by atoms with Gasteiger partial charge in [-0.3, -0.25) is 0 Å². The molecule has 11 heteroatoms. The molecule has 0 spiro atoms. The summed E-state index contributed by atoms with van der Waals surface area (Å²) in [7, 11) is 0. The number of ether oxygens (including phenoxy) is 2. The molecule has 20 heavy (non-hydrogen) atoms. The summed E-state index contributed by atoms with van der Waals surface area (Å²) in [5, 5.41) is -1.46. The van der Waals surface area contributed by atoms with Gasteiger partial charge in [0.25, 0.3) is 0 Å². The van der Waals surface area contributed by atoms with Gasteiger partial charge in [-0.2, -0.15) is 22.0 Å². The largest absolute Gasteiger partial charge is 0.573 e. The minimum Gasteiger partial charge on any atom is -0.433 e. The lowest BCUT2D eigenvalue weighted by Crippen LogP contribution is -2.20. The van der Waals surface area contributed by atoms with Crippen molar-refractivity contribution < 1.29 is 44.6 Å². The van der Waals surface area contributed by atoms with Crippen molar-refractivity contribution in [1.82, 2.24) is 0 Å². The summed E-state index contributed by atoms with van der Waals surface area (Å²) in [4.78, 5) is 0. The Kier molecular flexibility index (Phi) is 4.57. The maximum absolute atomic E-state index is 12.6. The van der Waals surface area contributed by atoms with Gasteiger partial charge in [0.05, 0.1) is 5.02 Å². The predicted octanol–water partition coefficient (Wildman–Crippen LogP) is 4.86. The third-order valence-corrected chi connectivity index (χ3v) is 2.17. The Labute approximate surface area is 110 Å². The van der Waals surface area contributed by atoms with E-state index in [-0.39, 0.29) is 6.07 Å². The van der Waals surface area contributed by atoms with E-state index in [2.05, 4.69) is 9.47 Å². The fourth-order valence-electron chi connectivity index (χ4n) is 1.20. The molecule has 0 aromatic heterocycles. The van der Waals surface area contributed by atoms with E-state index in [4.69, 9.17) is 11.6 Å². The first-order valence-electron chi connectivity index (χ1n) is 4.52. The minimum atomic E-state index is -5.41. The lowest BCUT2D eigenvalue weighted by atomic mass is 10.2. The molecule has 0 bridgehead atoms. The average molecular weight is 331 g/mol. The molecular formula is C9H3ClF8O2. The van der Waals surface area contributed by atoms with Crippen molar-refractivity contribution in [2.24, 2.45) is 0 Å². The number of hydrogen-bond donors (Lipinski definition) is 0. The molecule has 0 saturated heterocycles. The van der Waals surface area contributed by atoms with Crippen molar-refractivity contribution in [3.05, 3.63) is 22.7 Å². The number of benzene rings is 1. The van der Waals surface area contributed by atoms with E-state index in [0.717, 1.165) is 0 Å². The third-order valence-electron chi connectivity index (χ3n) is 1.79. The first-order chi connectivity index (χ1) is 8.92. The van der Waals surface area contributed by atoms with Crippen LogP contribution in [-0.4, -0.2) is 13.0 Å². The molecule has 1 rings (SSSR count). The molecular weight excluding hydrogens is 328 g/mol. The summed E-state index contributed by atoms with van der Waals surface area (Å²) in [6, 6.07) is 0.588. The zero-order chi connectivity index (χ0) is 15.7. The Morgan fingerprint density at radius 2 is 1.45 bits per heavy atom. The first kappa shape index (κ1) is 16.6. The lowest BCUT2D eigenvalue weighted by molar-refractivity contribution is -0.276. The van der Waals surface area contributed by atoms with Crippen LogP contribution < -0.4 is 9.47 Å². The van der Waals surface area contributed by atoms with Gasteiger partial charge in [-0.15, -0.1) is 13.2 Å². The molecule has 0 aliphatic carbocycles. The summed E-state index contributed by atoms with van der Waals surface area (Å²) >= 11 is 5.15. The molecule has 0 radical (unpaired) electrons. The number of alkyl halides is 8. The number of rotatable bonds is 3. The molecule has 0 saturated carbocycles. The second-order valence-electron chi connectivity index (χ2n) is 3.17. The van der Waals surface area contributed by atoms with Crippen LogP contribution in [0, 0.1) is 0 Å². The van der Waals surface area contributed by atoms with E-state index in [1.54, 1.807) is 0 Å². The van der Waals surface area contributed by atoms with Crippen LogP contribution in [0.3, 0.4) is 0 Å². The van der Waals surface area contributed by atoms with Crippen molar-refractivity contribution in [2.45, 2.75) is 19.2 Å². The number of halogens is 9. The molecule has 0 fully saturated rings.